The lowest BCUT2D eigenvalue weighted by molar-refractivity contribution is 0.0564. The molecule has 0 radical (unpaired) electrons. The average molecular weight is 374 g/mol. The Labute approximate surface area is 163 Å². The zero-order valence-electron chi connectivity index (χ0n) is 15.8. The third-order valence-corrected chi connectivity index (χ3v) is 6.06. The number of hydrogen-bond donors (Lipinski definition) is 0. The van der Waals surface area contributed by atoms with Gasteiger partial charge in [-0.3, -0.25) is 9.59 Å². The van der Waals surface area contributed by atoms with Crippen molar-refractivity contribution in [1.29, 1.82) is 0 Å². The lowest BCUT2D eigenvalue weighted by atomic mass is 9.82. The highest BCUT2D eigenvalue weighted by Gasteiger charge is 2.37. The number of aromatic nitrogens is 1. The summed E-state index contributed by atoms with van der Waals surface area (Å²) in [5, 5.41) is 0. The first-order valence-corrected chi connectivity index (χ1v) is 9.74. The van der Waals surface area contributed by atoms with E-state index >= 15 is 0 Å². The fourth-order valence-corrected chi connectivity index (χ4v) is 4.75. The lowest BCUT2D eigenvalue weighted by Crippen LogP contribution is -2.49. The fourth-order valence-electron chi connectivity index (χ4n) is 4.75. The highest BCUT2D eigenvalue weighted by atomic mass is 16.3. The van der Waals surface area contributed by atoms with E-state index in [0.29, 0.717) is 25.4 Å². The Morgan fingerprint density at radius 3 is 2.64 bits per heavy atom. The maximum atomic E-state index is 13.3. The molecule has 4 heterocycles. The molecule has 2 bridgehead atoms. The molecule has 5 rings (SSSR count). The number of carbonyl (C=O) groups excluding carboxylic acids is 1. The number of nitrogens with zero attached hydrogens (tertiary/aromatic N) is 2. The van der Waals surface area contributed by atoms with E-state index in [1.54, 1.807) is 12.1 Å². The van der Waals surface area contributed by atoms with E-state index in [4.69, 9.17) is 4.42 Å². The summed E-state index contributed by atoms with van der Waals surface area (Å²) in [5.41, 5.74) is 3.97. The highest BCUT2D eigenvalue weighted by molar-refractivity contribution is 5.91. The van der Waals surface area contributed by atoms with Crippen LogP contribution in [0, 0.1) is 12.8 Å². The SMILES string of the molecule is Cc1ccccc1-c1ccc2n(c1=O)C[C@@H]1C[C@@H]2CN(C(=O)c2ccco2)C1. The first kappa shape index (κ1) is 17.0. The van der Waals surface area contributed by atoms with Crippen LogP contribution in [0.1, 0.15) is 34.2 Å². The van der Waals surface area contributed by atoms with E-state index in [9.17, 15) is 9.59 Å². The first-order chi connectivity index (χ1) is 13.6. The molecular formula is C23H22N2O3. The quantitative estimate of drug-likeness (QED) is 0.688. The number of pyridine rings is 1. The van der Waals surface area contributed by atoms with Crippen LogP contribution in [0.5, 0.6) is 0 Å². The fraction of sp³-hybridized carbons (Fsp3) is 0.304. The van der Waals surface area contributed by atoms with E-state index in [-0.39, 0.29) is 23.3 Å². The molecule has 2 atom stereocenters. The van der Waals surface area contributed by atoms with Crippen LogP contribution in [0.4, 0.5) is 0 Å². The van der Waals surface area contributed by atoms with Gasteiger partial charge in [-0.15, -0.1) is 0 Å². The molecule has 2 aliphatic rings. The maximum Gasteiger partial charge on any atom is 0.289 e. The number of amides is 1. The van der Waals surface area contributed by atoms with Crippen molar-refractivity contribution in [2.75, 3.05) is 13.1 Å². The average Bonchev–Trinajstić information content (AvgIpc) is 3.24. The Hall–Kier alpha value is -3.08. The molecule has 1 saturated heterocycles. The van der Waals surface area contributed by atoms with Gasteiger partial charge in [0.2, 0.25) is 0 Å². The molecule has 1 aromatic carbocycles. The van der Waals surface area contributed by atoms with E-state index < -0.39 is 0 Å². The van der Waals surface area contributed by atoms with Crippen LogP contribution in [0.3, 0.4) is 0 Å². The molecule has 0 aliphatic carbocycles. The molecule has 1 fully saturated rings. The summed E-state index contributed by atoms with van der Waals surface area (Å²) in [6, 6.07) is 15.5. The first-order valence-electron chi connectivity index (χ1n) is 9.74. The van der Waals surface area contributed by atoms with E-state index in [1.807, 2.05) is 46.7 Å². The van der Waals surface area contributed by atoms with Crippen LogP contribution in [-0.4, -0.2) is 28.5 Å². The molecule has 5 nitrogen and oxygen atoms in total. The Morgan fingerprint density at radius 1 is 1.00 bits per heavy atom. The summed E-state index contributed by atoms with van der Waals surface area (Å²) in [6.45, 7) is 3.98. The largest absolute Gasteiger partial charge is 0.459 e. The summed E-state index contributed by atoms with van der Waals surface area (Å²) < 4.78 is 7.23. The van der Waals surface area contributed by atoms with Gasteiger partial charge in [-0.05, 0) is 54.7 Å². The van der Waals surface area contributed by atoms with Crippen LogP contribution >= 0.6 is 0 Å². The number of fused-ring (bicyclic) bond motifs is 4. The number of benzene rings is 1. The number of furan rings is 1. The third kappa shape index (κ3) is 2.70. The minimum Gasteiger partial charge on any atom is -0.459 e. The summed E-state index contributed by atoms with van der Waals surface area (Å²) in [7, 11) is 0. The summed E-state index contributed by atoms with van der Waals surface area (Å²) in [6.07, 6.45) is 2.55. The van der Waals surface area contributed by atoms with Crippen molar-refractivity contribution in [3.05, 3.63) is 82.2 Å². The maximum absolute atomic E-state index is 13.3. The van der Waals surface area contributed by atoms with Crippen molar-refractivity contribution in [2.24, 2.45) is 5.92 Å². The highest BCUT2D eigenvalue weighted by Crippen LogP contribution is 2.36. The van der Waals surface area contributed by atoms with Crippen molar-refractivity contribution in [1.82, 2.24) is 9.47 Å². The molecule has 0 spiro atoms. The van der Waals surface area contributed by atoms with Gasteiger partial charge in [0.05, 0.1) is 6.26 Å². The number of aryl methyl sites for hydroxylation is 1. The summed E-state index contributed by atoms with van der Waals surface area (Å²) >= 11 is 0. The second kappa shape index (κ2) is 6.51. The zero-order valence-corrected chi connectivity index (χ0v) is 15.8. The lowest BCUT2D eigenvalue weighted by Gasteiger charge is -2.42. The predicted octanol–water partition coefficient (Wildman–Crippen LogP) is 3.68. The van der Waals surface area contributed by atoms with Crippen LogP contribution in [-0.2, 0) is 6.54 Å². The van der Waals surface area contributed by atoms with Gasteiger partial charge in [0.25, 0.3) is 11.5 Å². The Kier molecular flexibility index (Phi) is 3.97. The molecule has 5 heteroatoms. The van der Waals surface area contributed by atoms with E-state index in [0.717, 1.165) is 28.8 Å². The standard InChI is InChI=1S/C23H22N2O3/c1-15-5-2-3-6-18(15)19-8-9-20-17-11-16(13-25(20)22(19)26)12-24(14-17)23(27)21-7-4-10-28-21/h2-10,16-17H,11-14H2,1H3/t16-,17-/m1/s1. The minimum absolute atomic E-state index is 0.0629. The minimum atomic E-state index is -0.0629. The van der Waals surface area contributed by atoms with Gasteiger partial charge in [0.1, 0.15) is 0 Å². The smallest absolute Gasteiger partial charge is 0.289 e. The van der Waals surface area contributed by atoms with Gasteiger partial charge >= 0.3 is 0 Å². The number of piperidine rings is 1. The van der Waals surface area contributed by atoms with Gasteiger partial charge in [-0.1, -0.05) is 24.3 Å². The summed E-state index contributed by atoms with van der Waals surface area (Å²) in [4.78, 5) is 27.9. The number of rotatable bonds is 2. The van der Waals surface area contributed by atoms with Crippen molar-refractivity contribution < 1.29 is 9.21 Å². The summed E-state index contributed by atoms with van der Waals surface area (Å²) in [5.74, 6) is 0.791. The van der Waals surface area contributed by atoms with Crippen molar-refractivity contribution >= 4 is 5.91 Å². The van der Waals surface area contributed by atoms with Crippen LogP contribution < -0.4 is 5.56 Å². The van der Waals surface area contributed by atoms with Gasteiger partial charge in [-0.2, -0.15) is 0 Å². The zero-order chi connectivity index (χ0) is 19.3. The molecular weight excluding hydrogens is 352 g/mol. The van der Waals surface area contributed by atoms with Gasteiger partial charge in [0.15, 0.2) is 5.76 Å². The van der Waals surface area contributed by atoms with Crippen molar-refractivity contribution in [3.63, 3.8) is 0 Å². The van der Waals surface area contributed by atoms with Gasteiger partial charge in [0, 0.05) is 36.8 Å². The molecule has 0 N–H and O–H groups in total. The van der Waals surface area contributed by atoms with Gasteiger partial charge in [-0.25, -0.2) is 0 Å². The Morgan fingerprint density at radius 2 is 1.86 bits per heavy atom. The molecule has 2 aliphatic heterocycles. The molecule has 2 aromatic heterocycles. The van der Waals surface area contributed by atoms with Crippen LogP contribution in [0.25, 0.3) is 11.1 Å². The van der Waals surface area contributed by atoms with Crippen LogP contribution in [0.2, 0.25) is 0 Å². The molecule has 142 valence electrons. The molecule has 1 amide bonds. The molecule has 28 heavy (non-hydrogen) atoms. The van der Waals surface area contributed by atoms with E-state index in [2.05, 4.69) is 6.07 Å². The third-order valence-electron chi connectivity index (χ3n) is 6.06. The molecule has 0 saturated carbocycles. The second-order valence-electron chi connectivity index (χ2n) is 7.89. The van der Waals surface area contributed by atoms with Crippen molar-refractivity contribution in [2.45, 2.75) is 25.8 Å². The van der Waals surface area contributed by atoms with Crippen molar-refractivity contribution in [3.8, 4) is 11.1 Å². The predicted molar refractivity (Wildman–Crippen MR) is 106 cm³/mol. The normalized spacial score (nSPS) is 20.7. The topological polar surface area (TPSA) is 55.5 Å². The second-order valence-corrected chi connectivity index (χ2v) is 7.89. The monoisotopic (exact) mass is 374 g/mol. The molecule has 0 unspecified atom stereocenters. The van der Waals surface area contributed by atoms with Crippen LogP contribution in [0.15, 0.2) is 64.0 Å². The van der Waals surface area contributed by atoms with Gasteiger partial charge < -0.3 is 13.9 Å². The number of hydrogen-bond acceptors (Lipinski definition) is 3. The number of likely N-dealkylation sites (tertiary alicyclic amines) is 1. The Bertz CT molecular complexity index is 1100. The Balaban J connectivity index is 1.50. The number of carbonyl (C=O) groups is 1. The molecule has 3 aromatic rings. The van der Waals surface area contributed by atoms with E-state index in [1.165, 1.54) is 6.26 Å².